The lowest BCUT2D eigenvalue weighted by Gasteiger charge is -2.01. The highest BCUT2D eigenvalue weighted by Crippen LogP contribution is 2.29. The molecule has 0 N–H and O–H groups in total. The molecule has 22 heavy (non-hydrogen) atoms. The molecule has 116 valence electrons. The summed E-state index contributed by atoms with van der Waals surface area (Å²) < 4.78 is 5.70. The molecule has 2 heterocycles. The van der Waals surface area contributed by atoms with Crippen molar-refractivity contribution in [3.8, 4) is 0 Å². The van der Waals surface area contributed by atoms with Crippen LogP contribution in [-0.2, 0) is 17.6 Å². The highest BCUT2D eigenvalue weighted by Gasteiger charge is 2.19. The van der Waals surface area contributed by atoms with Crippen LogP contribution < -0.4 is 0 Å². The van der Waals surface area contributed by atoms with Crippen LogP contribution in [0.2, 0.25) is 4.34 Å². The van der Waals surface area contributed by atoms with Gasteiger partial charge in [0.05, 0.1) is 9.21 Å². The molecule has 0 amide bonds. The molecule has 6 heteroatoms. The van der Waals surface area contributed by atoms with Gasteiger partial charge < -0.3 is 4.74 Å². The molecule has 0 saturated carbocycles. The smallest absolute Gasteiger partial charge is 0.348 e. The molecule has 3 rings (SSSR count). The summed E-state index contributed by atoms with van der Waals surface area (Å²) in [6.07, 6.45) is 5.68. The number of ketones is 1. The first-order valence-corrected chi connectivity index (χ1v) is 9.22. The molecule has 0 spiro atoms. The number of fused-ring (bicyclic) bond motifs is 1. The maximum Gasteiger partial charge on any atom is 0.348 e. The molecule has 0 aromatic carbocycles. The van der Waals surface area contributed by atoms with E-state index < -0.39 is 5.97 Å². The Bertz CT molecular complexity index is 679. The van der Waals surface area contributed by atoms with E-state index in [4.69, 9.17) is 16.3 Å². The first kappa shape index (κ1) is 15.7. The molecule has 1 aliphatic carbocycles. The van der Waals surface area contributed by atoms with Crippen molar-refractivity contribution in [1.82, 2.24) is 0 Å². The van der Waals surface area contributed by atoms with E-state index in [0.717, 1.165) is 12.8 Å². The van der Waals surface area contributed by atoms with Gasteiger partial charge in [-0.3, -0.25) is 4.79 Å². The summed E-state index contributed by atoms with van der Waals surface area (Å²) in [6.45, 7) is -0.238. The van der Waals surface area contributed by atoms with E-state index in [1.807, 2.05) is 6.07 Å². The summed E-state index contributed by atoms with van der Waals surface area (Å²) in [5, 5.41) is 0. The van der Waals surface area contributed by atoms with Crippen molar-refractivity contribution in [2.75, 3.05) is 6.61 Å². The van der Waals surface area contributed by atoms with E-state index in [0.29, 0.717) is 14.1 Å². The Morgan fingerprint density at radius 2 is 1.91 bits per heavy atom. The van der Waals surface area contributed by atoms with Crippen LogP contribution in [0.25, 0.3) is 0 Å². The van der Waals surface area contributed by atoms with E-state index >= 15 is 0 Å². The van der Waals surface area contributed by atoms with Crippen molar-refractivity contribution in [1.29, 1.82) is 0 Å². The van der Waals surface area contributed by atoms with Gasteiger partial charge in [0, 0.05) is 4.88 Å². The average molecular weight is 355 g/mol. The number of carbonyl (C=O) groups excluding carboxylic acids is 2. The summed E-state index contributed by atoms with van der Waals surface area (Å²) in [7, 11) is 0. The molecule has 1 aliphatic rings. The Morgan fingerprint density at radius 3 is 2.68 bits per heavy atom. The lowest BCUT2D eigenvalue weighted by atomic mass is 10.1. The largest absolute Gasteiger partial charge is 0.453 e. The number of hydrogen-bond donors (Lipinski definition) is 0. The van der Waals surface area contributed by atoms with Crippen molar-refractivity contribution in [2.24, 2.45) is 0 Å². The molecule has 0 atom stereocenters. The third kappa shape index (κ3) is 3.59. The molecular weight excluding hydrogens is 340 g/mol. The minimum absolute atomic E-state index is 0.219. The Balaban J connectivity index is 1.61. The Kier molecular flexibility index (Phi) is 4.96. The third-order valence-corrected chi connectivity index (χ3v) is 6.12. The number of thiophene rings is 2. The van der Waals surface area contributed by atoms with Gasteiger partial charge in [0.15, 0.2) is 6.61 Å². The van der Waals surface area contributed by atoms with Crippen LogP contribution in [0.15, 0.2) is 18.2 Å². The van der Waals surface area contributed by atoms with Gasteiger partial charge in [-0.2, -0.15) is 0 Å². The number of halogens is 1. The number of Topliss-reactive ketones (excluding diaryl/α,β-unsaturated/α-hetero) is 1. The quantitative estimate of drug-likeness (QED) is 0.451. The van der Waals surface area contributed by atoms with Crippen molar-refractivity contribution >= 4 is 46.0 Å². The zero-order chi connectivity index (χ0) is 15.5. The molecule has 0 saturated heterocycles. The number of esters is 1. The van der Waals surface area contributed by atoms with E-state index in [2.05, 4.69) is 0 Å². The highest BCUT2D eigenvalue weighted by atomic mass is 35.5. The predicted molar refractivity (Wildman–Crippen MR) is 89.5 cm³/mol. The first-order valence-electron chi connectivity index (χ1n) is 7.21. The number of hydrogen-bond acceptors (Lipinski definition) is 5. The van der Waals surface area contributed by atoms with Crippen LogP contribution >= 0.6 is 34.3 Å². The van der Waals surface area contributed by atoms with Crippen LogP contribution in [-0.4, -0.2) is 18.4 Å². The van der Waals surface area contributed by atoms with Gasteiger partial charge in [-0.25, -0.2) is 4.79 Å². The molecule has 2 aromatic rings. The number of carbonyl (C=O) groups is 2. The van der Waals surface area contributed by atoms with E-state index in [-0.39, 0.29) is 12.4 Å². The first-order chi connectivity index (χ1) is 10.6. The highest BCUT2D eigenvalue weighted by molar-refractivity contribution is 7.18. The minimum atomic E-state index is -0.408. The van der Waals surface area contributed by atoms with Crippen molar-refractivity contribution in [2.45, 2.75) is 32.1 Å². The van der Waals surface area contributed by atoms with E-state index in [1.54, 1.807) is 12.1 Å². The molecular formula is C16H15ClO3S2. The SMILES string of the molecule is O=C(COC(=O)c1cc2c(s1)CCCCC2)c1ccc(Cl)s1. The fourth-order valence-corrected chi connectivity index (χ4v) is 4.62. The Hall–Kier alpha value is -1.17. The van der Waals surface area contributed by atoms with Crippen molar-refractivity contribution < 1.29 is 14.3 Å². The predicted octanol–water partition coefficient (Wildman–Crippen LogP) is 4.77. The van der Waals surface area contributed by atoms with Gasteiger partial charge in [0.2, 0.25) is 5.78 Å². The summed E-state index contributed by atoms with van der Waals surface area (Å²) in [5.74, 6) is -0.627. The monoisotopic (exact) mass is 354 g/mol. The molecule has 0 unspecified atom stereocenters. The molecule has 3 nitrogen and oxygen atoms in total. The van der Waals surface area contributed by atoms with Crippen LogP contribution in [0.1, 0.15) is 49.0 Å². The van der Waals surface area contributed by atoms with Crippen LogP contribution in [0, 0.1) is 0 Å². The topological polar surface area (TPSA) is 43.4 Å². The Morgan fingerprint density at radius 1 is 1.09 bits per heavy atom. The fourth-order valence-electron chi connectivity index (χ4n) is 2.51. The fraction of sp³-hybridized carbons (Fsp3) is 0.375. The maximum atomic E-state index is 12.1. The van der Waals surface area contributed by atoms with Gasteiger partial charge in [0.1, 0.15) is 4.88 Å². The summed E-state index contributed by atoms with van der Waals surface area (Å²) in [5.41, 5.74) is 1.27. The van der Waals surface area contributed by atoms with Crippen LogP contribution in [0.4, 0.5) is 0 Å². The van der Waals surface area contributed by atoms with Gasteiger partial charge in [-0.05, 0) is 49.4 Å². The van der Waals surface area contributed by atoms with Gasteiger partial charge >= 0.3 is 5.97 Å². The normalized spacial score (nSPS) is 14.2. The van der Waals surface area contributed by atoms with Gasteiger partial charge in [-0.1, -0.05) is 18.0 Å². The van der Waals surface area contributed by atoms with E-state index in [9.17, 15) is 9.59 Å². The molecule has 0 bridgehead atoms. The van der Waals surface area contributed by atoms with Gasteiger partial charge in [-0.15, -0.1) is 22.7 Å². The second kappa shape index (κ2) is 6.94. The number of rotatable bonds is 4. The van der Waals surface area contributed by atoms with Crippen molar-refractivity contribution in [3.63, 3.8) is 0 Å². The zero-order valence-electron chi connectivity index (χ0n) is 11.9. The Labute approximate surface area is 141 Å². The third-order valence-electron chi connectivity index (χ3n) is 3.63. The zero-order valence-corrected chi connectivity index (χ0v) is 14.3. The van der Waals surface area contributed by atoms with Gasteiger partial charge in [0.25, 0.3) is 0 Å². The molecule has 0 fully saturated rings. The van der Waals surface area contributed by atoms with Crippen LogP contribution in [0.5, 0.6) is 0 Å². The summed E-state index contributed by atoms with van der Waals surface area (Å²) >= 11 is 8.49. The molecule has 2 aromatic heterocycles. The standard InChI is InChI=1S/C16H15ClO3S2/c17-15-7-6-13(22-15)11(18)9-20-16(19)14-8-10-4-2-1-3-5-12(10)21-14/h6-8H,1-5,9H2. The summed E-state index contributed by atoms with van der Waals surface area (Å²) in [4.78, 5) is 26.4. The van der Waals surface area contributed by atoms with E-state index in [1.165, 1.54) is 52.4 Å². The maximum absolute atomic E-state index is 12.1. The number of ether oxygens (including phenoxy) is 1. The van der Waals surface area contributed by atoms with Crippen molar-refractivity contribution in [3.05, 3.63) is 42.7 Å². The second-order valence-electron chi connectivity index (χ2n) is 5.22. The van der Waals surface area contributed by atoms with Crippen LogP contribution in [0.3, 0.4) is 0 Å². The summed E-state index contributed by atoms with van der Waals surface area (Å²) in [6, 6.07) is 5.24. The lowest BCUT2D eigenvalue weighted by Crippen LogP contribution is -2.12. The minimum Gasteiger partial charge on any atom is -0.453 e. The molecule has 0 radical (unpaired) electrons. The second-order valence-corrected chi connectivity index (χ2v) is 8.07. The average Bonchev–Trinajstić information content (AvgIpc) is 3.06. The molecule has 0 aliphatic heterocycles. The lowest BCUT2D eigenvalue weighted by molar-refractivity contribution is 0.0480. The number of aryl methyl sites for hydroxylation is 2.